The van der Waals surface area contributed by atoms with Crippen molar-refractivity contribution in [3.63, 3.8) is 0 Å². The number of thiophene rings is 1. The van der Waals surface area contributed by atoms with Crippen LogP contribution in [0.25, 0.3) is 11.1 Å². The maximum absolute atomic E-state index is 12.5. The number of anilines is 1. The molecule has 0 unspecified atom stereocenters. The Kier molecular flexibility index (Phi) is 5.90. The van der Waals surface area contributed by atoms with E-state index >= 15 is 0 Å². The maximum atomic E-state index is 12.5. The van der Waals surface area contributed by atoms with Crippen LogP contribution in [-0.2, 0) is 14.3 Å². The average molecular weight is 375 g/mol. The van der Waals surface area contributed by atoms with E-state index in [4.69, 9.17) is 14.2 Å². The van der Waals surface area contributed by atoms with Crippen molar-refractivity contribution < 1.29 is 23.8 Å². The van der Waals surface area contributed by atoms with E-state index in [2.05, 4.69) is 5.32 Å². The standard InChI is InChI=1S/C19H21NO5S/c1-3-24-19(22)16-14(12-6-8-13(23-2)9-7-12)11-26-18(16)20-17(21)15-5-4-10-25-15/h6-9,11,15H,3-5,10H2,1-2H3,(H,20,21)/t15-/m0/s1. The van der Waals surface area contributed by atoms with Crippen LogP contribution in [0.5, 0.6) is 5.75 Å². The summed E-state index contributed by atoms with van der Waals surface area (Å²) < 4.78 is 15.8. The van der Waals surface area contributed by atoms with Gasteiger partial charge >= 0.3 is 5.97 Å². The molecule has 1 aliphatic heterocycles. The van der Waals surface area contributed by atoms with Crippen LogP contribution in [0.4, 0.5) is 5.00 Å². The van der Waals surface area contributed by atoms with Gasteiger partial charge in [0.05, 0.1) is 13.7 Å². The summed E-state index contributed by atoms with van der Waals surface area (Å²) in [6, 6.07) is 7.39. The van der Waals surface area contributed by atoms with E-state index in [-0.39, 0.29) is 12.5 Å². The Hall–Kier alpha value is -2.38. The van der Waals surface area contributed by atoms with Crippen LogP contribution >= 0.6 is 11.3 Å². The Morgan fingerprint density at radius 3 is 2.69 bits per heavy atom. The number of carbonyl (C=O) groups excluding carboxylic acids is 2. The molecular weight excluding hydrogens is 354 g/mol. The average Bonchev–Trinajstić information content (AvgIpc) is 3.32. The van der Waals surface area contributed by atoms with Crippen molar-refractivity contribution in [2.45, 2.75) is 25.9 Å². The van der Waals surface area contributed by atoms with Gasteiger partial charge in [-0.1, -0.05) is 12.1 Å². The van der Waals surface area contributed by atoms with E-state index in [0.717, 1.165) is 23.3 Å². The predicted octanol–water partition coefficient (Wildman–Crippen LogP) is 3.72. The van der Waals surface area contributed by atoms with Gasteiger partial charge in [0.25, 0.3) is 5.91 Å². The second kappa shape index (κ2) is 8.33. The summed E-state index contributed by atoms with van der Waals surface area (Å²) in [7, 11) is 1.60. The third kappa shape index (κ3) is 3.89. The molecule has 0 spiro atoms. The van der Waals surface area contributed by atoms with Gasteiger partial charge in [-0.3, -0.25) is 4.79 Å². The van der Waals surface area contributed by atoms with Gasteiger partial charge < -0.3 is 19.5 Å². The quantitative estimate of drug-likeness (QED) is 0.779. The number of amides is 1. The summed E-state index contributed by atoms with van der Waals surface area (Å²) in [5.74, 6) is 0.0481. The first-order chi connectivity index (χ1) is 12.6. The summed E-state index contributed by atoms with van der Waals surface area (Å²) in [5, 5.41) is 5.16. The SMILES string of the molecule is CCOC(=O)c1c(-c2ccc(OC)cc2)csc1NC(=O)[C@@H]1CCCO1. The summed E-state index contributed by atoms with van der Waals surface area (Å²) in [4.78, 5) is 24.9. The van der Waals surface area contributed by atoms with E-state index in [1.807, 2.05) is 29.6 Å². The Morgan fingerprint density at radius 1 is 1.31 bits per heavy atom. The number of esters is 1. The normalized spacial score (nSPS) is 16.3. The minimum atomic E-state index is -0.461. The van der Waals surface area contributed by atoms with E-state index < -0.39 is 12.1 Å². The molecule has 1 N–H and O–H groups in total. The van der Waals surface area contributed by atoms with Gasteiger partial charge in [-0.2, -0.15) is 0 Å². The lowest BCUT2D eigenvalue weighted by Gasteiger charge is -2.11. The predicted molar refractivity (Wildman–Crippen MR) is 99.9 cm³/mol. The third-order valence-corrected chi connectivity index (χ3v) is 5.03. The van der Waals surface area contributed by atoms with Crippen molar-refractivity contribution in [2.75, 3.05) is 25.6 Å². The molecule has 2 aromatic rings. The topological polar surface area (TPSA) is 73.9 Å². The fourth-order valence-corrected chi connectivity index (χ4v) is 3.78. The monoisotopic (exact) mass is 375 g/mol. The molecule has 7 heteroatoms. The van der Waals surface area contributed by atoms with Crippen LogP contribution < -0.4 is 10.1 Å². The molecule has 1 saturated heterocycles. The Balaban J connectivity index is 1.92. The minimum absolute atomic E-state index is 0.226. The second-order valence-electron chi connectivity index (χ2n) is 5.79. The van der Waals surface area contributed by atoms with Crippen molar-refractivity contribution in [3.8, 4) is 16.9 Å². The van der Waals surface area contributed by atoms with Crippen molar-refractivity contribution in [3.05, 3.63) is 35.2 Å². The first-order valence-corrected chi connectivity index (χ1v) is 9.37. The van der Waals surface area contributed by atoms with Gasteiger partial charge in [-0.15, -0.1) is 11.3 Å². The van der Waals surface area contributed by atoms with Crippen molar-refractivity contribution in [2.24, 2.45) is 0 Å². The third-order valence-electron chi connectivity index (χ3n) is 4.13. The number of benzene rings is 1. The smallest absolute Gasteiger partial charge is 0.341 e. The summed E-state index contributed by atoms with van der Waals surface area (Å²) in [6.07, 6.45) is 1.10. The van der Waals surface area contributed by atoms with Crippen molar-refractivity contribution in [1.29, 1.82) is 0 Å². The number of rotatable bonds is 6. The highest BCUT2D eigenvalue weighted by Crippen LogP contribution is 2.37. The van der Waals surface area contributed by atoms with Gasteiger partial charge in [-0.05, 0) is 37.5 Å². The molecule has 0 bridgehead atoms. The number of methoxy groups -OCH3 is 1. The van der Waals surface area contributed by atoms with Crippen molar-refractivity contribution >= 4 is 28.2 Å². The van der Waals surface area contributed by atoms with Gasteiger partial charge in [0.1, 0.15) is 22.4 Å². The van der Waals surface area contributed by atoms with E-state index in [9.17, 15) is 9.59 Å². The number of nitrogens with one attached hydrogen (secondary N) is 1. The first-order valence-electron chi connectivity index (χ1n) is 8.49. The zero-order valence-corrected chi connectivity index (χ0v) is 15.6. The second-order valence-corrected chi connectivity index (χ2v) is 6.67. The molecule has 0 aliphatic carbocycles. The van der Waals surface area contributed by atoms with E-state index in [0.29, 0.717) is 23.6 Å². The van der Waals surface area contributed by atoms with Crippen LogP contribution in [0.3, 0.4) is 0 Å². The zero-order valence-electron chi connectivity index (χ0n) is 14.7. The highest BCUT2D eigenvalue weighted by atomic mass is 32.1. The Morgan fingerprint density at radius 2 is 2.08 bits per heavy atom. The van der Waals surface area contributed by atoms with Crippen LogP contribution in [0.2, 0.25) is 0 Å². The molecule has 3 rings (SSSR count). The highest BCUT2D eigenvalue weighted by molar-refractivity contribution is 7.15. The summed E-state index contributed by atoms with van der Waals surface area (Å²) >= 11 is 1.30. The van der Waals surface area contributed by atoms with Gasteiger partial charge in [0.2, 0.25) is 0 Å². The molecule has 0 saturated carbocycles. The lowest BCUT2D eigenvalue weighted by atomic mass is 10.0. The summed E-state index contributed by atoms with van der Waals surface area (Å²) in [5.41, 5.74) is 1.94. The van der Waals surface area contributed by atoms with Crippen LogP contribution in [0, 0.1) is 0 Å². The highest BCUT2D eigenvalue weighted by Gasteiger charge is 2.27. The summed E-state index contributed by atoms with van der Waals surface area (Å²) in [6.45, 7) is 2.60. The van der Waals surface area contributed by atoms with Crippen molar-refractivity contribution in [1.82, 2.24) is 0 Å². The molecule has 6 nitrogen and oxygen atoms in total. The molecule has 1 aromatic carbocycles. The van der Waals surface area contributed by atoms with Gasteiger partial charge in [-0.25, -0.2) is 4.79 Å². The Labute approximate surface area is 156 Å². The van der Waals surface area contributed by atoms with Gasteiger partial charge in [0, 0.05) is 17.6 Å². The van der Waals surface area contributed by atoms with E-state index in [1.165, 1.54) is 11.3 Å². The molecule has 1 fully saturated rings. The van der Waals surface area contributed by atoms with E-state index in [1.54, 1.807) is 14.0 Å². The zero-order chi connectivity index (χ0) is 18.5. The molecule has 1 amide bonds. The Bertz CT molecular complexity index is 778. The molecule has 1 atom stereocenters. The lowest BCUT2D eigenvalue weighted by Crippen LogP contribution is -2.27. The lowest BCUT2D eigenvalue weighted by molar-refractivity contribution is -0.124. The van der Waals surface area contributed by atoms with Gasteiger partial charge in [0.15, 0.2) is 0 Å². The molecule has 26 heavy (non-hydrogen) atoms. The fraction of sp³-hybridized carbons (Fsp3) is 0.368. The number of hydrogen-bond acceptors (Lipinski definition) is 6. The maximum Gasteiger partial charge on any atom is 0.341 e. The minimum Gasteiger partial charge on any atom is -0.497 e. The molecule has 1 aromatic heterocycles. The molecule has 1 aliphatic rings. The van der Waals surface area contributed by atoms with Crippen LogP contribution in [0.1, 0.15) is 30.1 Å². The first kappa shape index (κ1) is 18.4. The molecular formula is C19H21NO5S. The molecule has 2 heterocycles. The van der Waals surface area contributed by atoms with Crippen LogP contribution in [0.15, 0.2) is 29.6 Å². The molecule has 138 valence electrons. The molecule has 0 radical (unpaired) electrons. The number of carbonyl (C=O) groups is 2. The number of ether oxygens (including phenoxy) is 3. The number of hydrogen-bond donors (Lipinski definition) is 1. The largest absolute Gasteiger partial charge is 0.497 e. The van der Waals surface area contributed by atoms with Crippen LogP contribution in [-0.4, -0.2) is 38.3 Å². The fourth-order valence-electron chi connectivity index (χ4n) is 2.82.